The Morgan fingerprint density at radius 2 is 2.00 bits per heavy atom. The summed E-state index contributed by atoms with van der Waals surface area (Å²) in [6.45, 7) is 7.80. The Morgan fingerprint density at radius 3 is 2.79 bits per heavy atom. The normalized spacial score (nSPS) is 13.1. The van der Waals surface area contributed by atoms with Crippen LogP contribution in [0.2, 0.25) is 0 Å². The highest BCUT2D eigenvalue weighted by molar-refractivity contribution is 5.91. The standard InChI is InChI=1S/C21H30N6O2/c1-3-25(4-2)20(28)16-27-15-18(23-24-27)21(29)22-12-8-14-26-13-7-10-17-9-5-6-11-19(17)26/h5-6,9,11,15H,3-4,7-8,10,12-14,16H2,1-2H3,(H,22,29). The molecule has 0 saturated carbocycles. The first-order chi connectivity index (χ1) is 14.1. The van der Waals surface area contributed by atoms with Gasteiger partial charge in [0.05, 0.1) is 6.20 Å². The number of nitrogens with one attached hydrogen (secondary N) is 1. The number of nitrogens with zero attached hydrogens (tertiary/aromatic N) is 5. The van der Waals surface area contributed by atoms with E-state index in [2.05, 4.69) is 44.8 Å². The molecule has 1 N–H and O–H groups in total. The van der Waals surface area contributed by atoms with Crippen molar-refractivity contribution in [3.63, 3.8) is 0 Å². The number of amides is 2. The number of anilines is 1. The molecular formula is C21H30N6O2. The minimum atomic E-state index is -0.259. The van der Waals surface area contributed by atoms with E-state index in [1.807, 2.05) is 13.8 Å². The second-order valence-electron chi connectivity index (χ2n) is 7.20. The fraction of sp³-hybridized carbons (Fsp3) is 0.524. The minimum absolute atomic E-state index is 0.0336. The third-order valence-electron chi connectivity index (χ3n) is 5.28. The largest absolute Gasteiger partial charge is 0.371 e. The molecule has 0 bridgehead atoms. The van der Waals surface area contributed by atoms with Crippen LogP contribution in [-0.4, -0.2) is 64.4 Å². The van der Waals surface area contributed by atoms with E-state index >= 15 is 0 Å². The van der Waals surface area contributed by atoms with Gasteiger partial charge in [-0.05, 0) is 44.7 Å². The van der Waals surface area contributed by atoms with Gasteiger partial charge in [0.15, 0.2) is 5.69 Å². The molecule has 1 aliphatic heterocycles. The fourth-order valence-electron chi connectivity index (χ4n) is 3.70. The highest BCUT2D eigenvalue weighted by Crippen LogP contribution is 2.26. The first-order valence-electron chi connectivity index (χ1n) is 10.4. The van der Waals surface area contributed by atoms with Crippen LogP contribution in [0.15, 0.2) is 30.5 Å². The average Bonchev–Trinajstić information content (AvgIpc) is 3.20. The molecule has 0 atom stereocenters. The van der Waals surface area contributed by atoms with Gasteiger partial charge in [0, 0.05) is 38.4 Å². The number of carbonyl (C=O) groups is 2. The van der Waals surface area contributed by atoms with Crippen LogP contribution in [0.1, 0.15) is 42.7 Å². The van der Waals surface area contributed by atoms with Gasteiger partial charge in [-0.15, -0.1) is 5.10 Å². The van der Waals surface area contributed by atoms with Gasteiger partial charge in [0.1, 0.15) is 6.54 Å². The summed E-state index contributed by atoms with van der Waals surface area (Å²) in [6.07, 6.45) is 4.68. The number of fused-ring (bicyclic) bond motifs is 1. The quantitative estimate of drug-likeness (QED) is 0.651. The number of benzene rings is 1. The molecule has 0 aliphatic carbocycles. The van der Waals surface area contributed by atoms with Gasteiger partial charge in [0.2, 0.25) is 5.91 Å². The predicted octanol–water partition coefficient (Wildman–Crippen LogP) is 1.72. The Labute approximate surface area is 171 Å². The maximum atomic E-state index is 12.3. The Balaban J connectivity index is 1.44. The summed E-state index contributed by atoms with van der Waals surface area (Å²) in [6, 6.07) is 8.53. The van der Waals surface area contributed by atoms with E-state index in [9.17, 15) is 9.59 Å². The molecule has 1 aromatic carbocycles. The van der Waals surface area contributed by atoms with E-state index in [-0.39, 0.29) is 24.1 Å². The summed E-state index contributed by atoms with van der Waals surface area (Å²) < 4.78 is 1.42. The van der Waals surface area contributed by atoms with Crippen molar-refractivity contribution in [1.29, 1.82) is 0 Å². The summed E-state index contributed by atoms with van der Waals surface area (Å²) in [5.74, 6) is -0.292. The molecule has 2 heterocycles. The highest BCUT2D eigenvalue weighted by atomic mass is 16.2. The lowest BCUT2D eigenvalue weighted by Gasteiger charge is -2.31. The average molecular weight is 399 g/mol. The molecule has 0 spiro atoms. The zero-order chi connectivity index (χ0) is 20.6. The molecular weight excluding hydrogens is 368 g/mol. The molecule has 156 valence electrons. The number of likely N-dealkylation sites (N-methyl/N-ethyl adjacent to an activating group) is 1. The van der Waals surface area contributed by atoms with Crippen molar-refractivity contribution in [3.8, 4) is 0 Å². The summed E-state index contributed by atoms with van der Waals surface area (Å²) in [5.41, 5.74) is 2.95. The number of aromatic nitrogens is 3. The van der Waals surface area contributed by atoms with Gasteiger partial charge < -0.3 is 15.1 Å². The molecule has 2 amide bonds. The molecule has 0 radical (unpaired) electrons. The molecule has 0 saturated heterocycles. The SMILES string of the molecule is CCN(CC)C(=O)Cn1cc(C(=O)NCCCN2CCCc3ccccc32)nn1. The first kappa shape index (κ1) is 20.8. The van der Waals surface area contributed by atoms with Crippen molar-refractivity contribution in [1.82, 2.24) is 25.2 Å². The monoisotopic (exact) mass is 398 g/mol. The van der Waals surface area contributed by atoms with Crippen molar-refractivity contribution in [3.05, 3.63) is 41.7 Å². The van der Waals surface area contributed by atoms with Crippen molar-refractivity contribution in [2.75, 3.05) is 37.6 Å². The maximum Gasteiger partial charge on any atom is 0.273 e. The Kier molecular flexibility index (Phi) is 7.21. The van der Waals surface area contributed by atoms with Gasteiger partial charge in [-0.25, -0.2) is 4.68 Å². The third kappa shape index (κ3) is 5.34. The topological polar surface area (TPSA) is 83.4 Å². The number of aryl methyl sites for hydroxylation is 1. The molecule has 1 aromatic heterocycles. The van der Waals surface area contributed by atoms with E-state index in [0.29, 0.717) is 19.6 Å². The zero-order valence-corrected chi connectivity index (χ0v) is 17.3. The van der Waals surface area contributed by atoms with E-state index in [0.717, 1.165) is 25.9 Å². The summed E-state index contributed by atoms with van der Waals surface area (Å²) in [7, 11) is 0. The van der Waals surface area contributed by atoms with E-state index in [4.69, 9.17) is 0 Å². The van der Waals surface area contributed by atoms with Gasteiger partial charge in [-0.1, -0.05) is 23.4 Å². The minimum Gasteiger partial charge on any atom is -0.371 e. The summed E-state index contributed by atoms with van der Waals surface area (Å²) >= 11 is 0. The van der Waals surface area contributed by atoms with E-state index < -0.39 is 0 Å². The molecule has 0 fully saturated rings. The lowest BCUT2D eigenvalue weighted by Crippen LogP contribution is -2.33. The van der Waals surface area contributed by atoms with Crippen LogP contribution in [0.25, 0.3) is 0 Å². The maximum absolute atomic E-state index is 12.3. The molecule has 29 heavy (non-hydrogen) atoms. The smallest absolute Gasteiger partial charge is 0.273 e. The second-order valence-corrected chi connectivity index (χ2v) is 7.20. The van der Waals surface area contributed by atoms with Crippen LogP contribution < -0.4 is 10.2 Å². The van der Waals surface area contributed by atoms with Gasteiger partial charge in [-0.3, -0.25) is 9.59 Å². The predicted molar refractivity (Wildman–Crippen MR) is 112 cm³/mol. The molecule has 3 rings (SSSR count). The van der Waals surface area contributed by atoms with E-state index in [1.165, 1.54) is 28.6 Å². The lowest BCUT2D eigenvalue weighted by atomic mass is 10.0. The first-order valence-corrected chi connectivity index (χ1v) is 10.4. The summed E-state index contributed by atoms with van der Waals surface area (Å²) in [4.78, 5) is 28.5. The number of para-hydroxylation sites is 1. The Morgan fingerprint density at radius 1 is 1.21 bits per heavy atom. The van der Waals surface area contributed by atoms with Gasteiger partial charge >= 0.3 is 0 Å². The van der Waals surface area contributed by atoms with Crippen molar-refractivity contribution < 1.29 is 9.59 Å². The number of carbonyl (C=O) groups excluding carboxylic acids is 2. The fourth-order valence-corrected chi connectivity index (χ4v) is 3.70. The van der Waals surface area contributed by atoms with Gasteiger partial charge in [-0.2, -0.15) is 0 Å². The zero-order valence-electron chi connectivity index (χ0n) is 17.3. The number of rotatable bonds is 9. The molecule has 2 aromatic rings. The lowest BCUT2D eigenvalue weighted by molar-refractivity contribution is -0.131. The Bertz CT molecular complexity index is 830. The molecule has 0 unspecified atom stereocenters. The molecule has 8 heteroatoms. The second kappa shape index (κ2) is 10.0. The van der Waals surface area contributed by atoms with Crippen LogP contribution in [0, 0.1) is 0 Å². The van der Waals surface area contributed by atoms with Crippen LogP contribution in [0.4, 0.5) is 5.69 Å². The van der Waals surface area contributed by atoms with Crippen LogP contribution in [0.5, 0.6) is 0 Å². The summed E-state index contributed by atoms with van der Waals surface area (Å²) in [5, 5.41) is 10.7. The van der Waals surface area contributed by atoms with Crippen LogP contribution >= 0.6 is 0 Å². The van der Waals surface area contributed by atoms with Crippen molar-refractivity contribution >= 4 is 17.5 Å². The van der Waals surface area contributed by atoms with Crippen molar-refractivity contribution in [2.45, 2.75) is 39.7 Å². The van der Waals surface area contributed by atoms with E-state index in [1.54, 1.807) is 4.90 Å². The third-order valence-corrected chi connectivity index (χ3v) is 5.28. The van der Waals surface area contributed by atoms with Crippen LogP contribution in [0.3, 0.4) is 0 Å². The van der Waals surface area contributed by atoms with Crippen molar-refractivity contribution in [2.24, 2.45) is 0 Å². The molecule has 1 aliphatic rings. The molecule has 8 nitrogen and oxygen atoms in total. The van der Waals surface area contributed by atoms with Crippen LogP contribution in [-0.2, 0) is 17.8 Å². The highest BCUT2D eigenvalue weighted by Gasteiger charge is 2.17. The number of hydrogen-bond acceptors (Lipinski definition) is 5. The van der Waals surface area contributed by atoms with Gasteiger partial charge in [0.25, 0.3) is 5.91 Å². The Hall–Kier alpha value is -2.90. The number of hydrogen-bond donors (Lipinski definition) is 1.